The molecule has 0 aliphatic heterocycles. The number of halogens is 2. The van der Waals surface area contributed by atoms with Gasteiger partial charge < -0.3 is 0 Å². The quantitative estimate of drug-likeness (QED) is 0.570. The molecule has 2 heteroatoms. The molecule has 0 N–H and O–H groups in total. The van der Waals surface area contributed by atoms with E-state index >= 15 is 0 Å². The van der Waals surface area contributed by atoms with Crippen molar-refractivity contribution in [2.45, 2.75) is 27.2 Å². The number of hydrogen-bond acceptors (Lipinski definition) is 0. The fourth-order valence-electron chi connectivity index (χ4n) is 0.943. The second-order valence-corrected chi connectivity index (χ2v) is 3.86. The third-order valence-corrected chi connectivity index (χ3v) is 2.03. The van der Waals surface area contributed by atoms with Gasteiger partial charge in [-0.1, -0.05) is 33.1 Å². The van der Waals surface area contributed by atoms with Crippen molar-refractivity contribution in [3.05, 3.63) is 48.1 Å². The van der Waals surface area contributed by atoms with Crippen molar-refractivity contribution in [1.82, 2.24) is 0 Å². The van der Waals surface area contributed by atoms with E-state index in [9.17, 15) is 8.78 Å². The van der Waals surface area contributed by atoms with Crippen LogP contribution in [0.25, 0.3) is 0 Å². The lowest BCUT2D eigenvalue weighted by Gasteiger charge is -2.05. The van der Waals surface area contributed by atoms with Gasteiger partial charge in [-0.05, 0) is 30.9 Å². The second-order valence-electron chi connectivity index (χ2n) is 3.86. The Morgan fingerprint density at radius 2 is 1.87 bits per heavy atom. The predicted molar refractivity (Wildman–Crippen MR) is 61.8 cm³/mol. The van der Waals surface area contributed by atoms with E-state index in [-0.39, 0.29) is 5.57 Å². The van der Waals surface area contributed by atoms with Gasteiger partial charge in [-0.25, -0.2) is 8.78 Å². The molecule has 0 unspecified atom stereocenters. The highest BCUT2D eigenvalue weighted by Gasteiger charge is 2.08. The van der Waals surface area contributed by atoms with Gasteiger partial charge in [0.1, 0.15) is 0 Å². The van der Waals surface area contributed by atoms with Gasteiger partial charge in [0.25, 0.3) is 0 Å². The number of rotatable bonds is 5. The molecule has 0 nitrogen and oxygen atoms in total. The first-order valence-corrected chi connectivity index (χ1v) is 4.94. The van der Waals surface area contributed by atoms with Crippen molar-refractivity contribution < 1.29 is 8.78 Å². The minimum atomic E-state index is -0.961. The molecule has 0 heterocycles. The predicted octanol–water partition coefficient (Wildman–Crippen LogP) is 4.87. The summed E-state index contributed by atoms with van der Waals surface area (Å²) in [4.78, 5) is 0. The van der Waals surface area contributed by atoms with Crippen LogP contribution >= 0.6 is 0 Å². The minimum absolute atomic E-state index is 0.0908. The second kappa shape index (κ2) is 6.33. The molecule has 0 aliphatic rings. The van der Waals surface area contributed by atoms with E-state index in [1.807, 2.05) is 6.08 Å². The van der Waals surface area contributed by atoms with E-state index in [0.717, 1.165) is 12.5 Å². The van der Waals surface area contributed by atoms with E-state index in [4.69, 9.17) is 0 Å². The molecule has 15 heavy (non-hydrogen) atoms. The Labute approximate surface area is 90.7 Å². The first kappa shape index (κ1) is 13.8. The Hall–Kier alpha value is -1.18. The zero-order valence-electron chi connectivity index (χ0n) is 9.61. The summed E-state index contributed by atoms with van der Waals surface area (Å²) in [6.45, 7) is 12.5. The molecule has 84 valence electrons. The van der Waals surface area contributed by atoms with E-state index in [1.165, 1.54) is 0 Å². The Morgan fingerprint density at radius 3 is 2.27 bits per heavy atom. The van der Waals surface area contributed by atoms with Gasteiger partial charge in [0.15, 0.2) is 11.7 Å². The van der Waals surface area contributed by atoms with E-state index < -0.39 is 11.7 Å². The normalized spacial score (nSPS) is 13.9. The Balaban J connectivity index is 4.73. The maximum absolute atomic E-state index is 13.3. The molecular weight excluding hydrogens is 194 g/mol. The third-order valence-electron chi connectivity index (χ3n) is 2.03. The summed E-state index contributed by atoms with van der Waals surface area (Å²) < 4.78 is 26.1. The molecule has 0 amide bonds. The first-order valence-electron chi connectivity index (χ1n) is 4.94. The van der Waals surface area contributed by atoms with E-state index in [0.29, 0.717) is 11.5 Å². The molecule has 0 aromatic heterocycles. The molecule has 0 fully saturated rings. The molecule has 0 radical (unpaired) electrons. The summed E-state index contributed by atoms with van der Waals surface area (Å²) in [5.74, 6) is -1.40. The maximum Gasteiger partial charge on any atom is 0.165 e. The van der Waals surface area contributed by atoms with Crippen LogP contribution in [0, 0.1) is 5.92 Å². The van der Waals surface area contributed by atoms with Crippen molar-refractivity contribution in [3.8, 4) is 0 Å². The molecule has 0 aliphatic carbocycles. The fraction of sp³-hybridized carbons (Fsp3) is 0.385. The van der Waals surface area contributed by atoms with Crippen molar-refractivity contribution in [2.24, 2.45) is 5.92 Å². The zero-order chi connectivity index (χ0) is 12.0. The topological polar surface area (TPSA) is 0 Å². The molecule has 0 atom stereocenters. The maximum atomic E-state index is 13.3. The average molecular weight is 212 g/mol. The van der Waals surface area contributed by atoms with Gasteiger partial charge in [0.05, 0.1) is 0 Å². The van der Waals surface area contributed by atoms with E-state index in [1.54, 1.807) is 6.92 Å². The molecule has 0 saturated carbocycles. The Kier molecular flexibility index (Phi) is 5.83. The summed E-state index contributed by atoms with van der Waals surface area (Å²) in [6.07, 6.45) is 3.53. The molecular formula is C13H18F2. The number of hydrogen-bond donors (Lipinski definition) is 0. The van der Waals surface area contributed by atoms with Gasteiger partial charge in [0.2, 0.25) is 0 Å². The Morgan fingerprint density at radius 1 is 1.33 bits per heavy atom. The molecule has 0 spiro atoms. The lowest BCUT2D eigenvalue weighted by molar-refractivity contribution is 0.566. The van der Waals surface area contributed by atoms with Gasteiger partial charge in [-0.15, -0.1) is 0 Å². The average Bonchev–Trinajstić information content (AvgIpc) is 2.22. The highest BCUT2D eigenvalue weighted by Crippen LogP contribution is 2.23. The molecule has 0 bridgehead atoms. The Bertz CT molecular complexity index is 306. The van der Waals surface area contributed by atoms with Gasteiger partial charge in [-0.3, -0.25) is 0 Å². The van der Waals surface area contributed by atoms with Gasteiger partial charge in [0, 0.05) is 5.57 Å². The highest BCUT2D eigenvalue weighted by molar-refractivity contribution is 5.42. The van der Waals surface area contributed by atoms with Crippen molar-refractivity contribution in [2.75, 3.05) is 0 Å². The molecule has 0 saturated heterocycles. The van der Waals surface area contributed by atoms with Crippen molar-refractivity contribution in [3.63, 3.8) is 0 Å². The lowest BCUT2D eigenvalue weighted by atomic mass is 10.0. The van der Waals surface area contributed by atoms with E-state index in [2.05, 4.69) is 27.0 Å². The lowest BCUT2D eigenvalue weighted by Crippen LogP contribution is -1.90. The zero-order valence-corrected chi connectivity index (χ0v) is 9.61. The summed E-state index contributed by atoms with van der Waals surface area (Å²) in [7, 11) is 0. The summed E-state index contributed by atoms with van der Waals surface area (Å²) >= 11 is 0. The van der Waals surface area contributed by atoms with Crippen molar-refractivity contribution in [1.29, 1.82) is 0 Å². The first-order chi connectivity index (χ1) is 6.90. The van der Waals surface area contributed by atoms with Gasteiger partial charge in [-0.2, -0.15) is 0 Å². The van der Waals surface area contributed by atoms with Crippen LogP contribution in [-0.2, 0) is 0 Å². The van der Waals surface area contributed by atoms with Crippen LogP contribution in [0.4, 0.5) is 8.78 Å². The summed E-state index contributed by atoms with van der Waals surface area (Å²) in [6, 6.07) is 0. The summed E-state index contributed by atoms with van der Waals surface area (Å²) in [5, 5.41) is 0. The molecule has 0 aromatic carbocycles. The van der Waals surface area contributed by atoms with Crippen LogP contribution in [0.15, 0.2) is 48.1 Å². The third kappa shape index (κ3) is 4.73. The monoisotopic (exact) mass is 212 g/mol. The summed E-state index contributed by atoms with van der Waals surface area (Å²) in [5.41, 5.74) is 0.756. The van der Waals surface area contributed by atoms with Crippen LogP contribution in [0.2, 0.25) is 0 Å². The minimum Gasteiger partial charge on any atom is -0.204 e. The van der Waals surface area contributed by atoms with Crippen LogP contribution in [0.1, 0.15) is 27.2 Å². The smallest absolute Gasteiger partial charge is 0.165 e. The van der Waals surface area contributed by atoms with Crippen LogP contribution in [0.5, 0.6) is 0 Å². The van der Waals surface area contributed by atoms with Crippen LogP contribution in [-0.4, -0.2) is 0 Å². The van der Waals surface area contributed by atoms with Crippen molar-refractivity contribution >= 4 is 0 Å². The SMILES string of the molecule is C=C/C(F)=C(/F)C(=C)/C(C)=C/CC(C)C. The largest absolute Gasteiger partial charge is 0.204 e. The fourth-order valence-corrected chi connectivity index (χ4v) is 0.943. The standard InChI is InChI=1S/C13H18F2/c1-6-12(14)13(15)11(5)10(4)8-7-9(2)3/h6,8-9H,1,5,7H2,2-4H3/b10-8+,13-12-. The number of allylic oxidation sites excluding steroid dienone is 6. The van der Waals surface area contributed by atoms with Crippen LogP contribution in [0.3, 0.4) is 0 Å². The molecule has 0 rings (SSSR count). The van der Waals surface area contributed by atoms with Crippen LogP contribution < -0.4 is 0 Å². The highest BCUT2D eigenvalue weighted by atomic mass is 19.2. The van der Waals surface area contributed by atoms with Gasteiger partial charge >= 0.3 is 0 Å². The molecule has 0 aromatic rings.